The zero-order valence-electron chi connectivity index (χ0n) is 15.4. The molecule has 0 fully saturated rings. The first kappa shape index (κ1) is 19.4. The summed E-state index contributed by atoms with van der Waals surface area (Å²) in [6.45, 7) is 1.22. The molecule has 138 valence electrons. The molecule has 0 aromatic heterocycles. The van der Waals surface area contributed by atoms with Gasteiger partial charge in [0.25, 0.3) is 0 Å². The maximum atomic E-state index is 13.1. The topological polar surface area (TPSA) is 47.9 Å². The lowest BCUT2D eigenvalue weighted by Gasteiger charge is -2.23. The standard InChI is InChI=1S/C20H25FN4O/c1-24(2)19(26)14-23-20(22-13-16-7-5-4-6-8-16)25(3)15-17-9-11-18(21)12-10-17/h4-12H,13-15H2,1-3H3,(H,22,23). The van der Waals surface area contributed by atoms with E-state index in [2.05, 4.69) is 10.3 Å². The molecule has 0 radical (unpaired) electrons. The third kappa shape index (κ3) is 6.20. The number of benzene rings is 2. The van der Waals surface area contributed by atoms with Crippen LogP contribution in [0.15, 0.2) is 59.6 Å². The van der Waals surface area contributed by atoms with E-state index in [1.807, 2.05) is 42.3 Å². The van der Waals surface area contributed by atoms with Gasteiger partial charge in [-0.2, -0.15) is 0 Å². The molecule has 2 aromatic rings. The molecule has 0 saturated heterocycles. The third-order valence-corrected chi connectivity index (χ3v) is 3.85. The average molecular weight is 356 g/mol. The van der Waals surface area contributed by atoms with Gasteiger partial charge in [-0.05, 0) is 23.3 Å². The fourth-order valence-corrected chi connectivity index (χ4v) is 2.31. The summed E-state index contributed by atoms with van der Waals surface area (Å²) in [7, 11) is 5.32. The first-order valence-corrected chi connectivity index (χ1v) is 8.43. The number of guanidine groups is 1. The molecular formula is C20H25FN4O. The molecule has 2 aromatic carbocycles. The Bertz CT molecular complexity index is 729. The van der Waals surface area contributed by atoms with Crippen LogP contribution in [0.2, 0.25) is 0 Å². The van der Waals surface area contributed by atoms with E-state index in [4.69, 9.17) is 0 Å². The number of aliphatic imine (C=N–C) groups is 1. The minimum atomic E-state index is -0.260. The van der Waals surface area contributed by atoms with Crippen molar-refractivity contribution in [1.82, 2.24) is 15.1 Å². The molecular weight excluding hydrogens is 331 g/mol. The molecule has 0 saturated carbocycles. The lowest BCUT2D eigenvalue weighted by atomic mass is 10.2. The van der Waals surface area contributed by atoms with Crippen LogP contribution in [0.1, 0.15) is 11.1 Å². The number of hydrogen-bond donors (Lipinski definition) is 1. The minimum absolute atomic E-state index is 0.0346. The van der Waals surface area contributed by atoms with Crippen molar-refractivity contribution in [2.75, 3.05) is 27.7 Å². The monoisotopic (exact) mass is 356 g/mol. The van der Waals surface area contributed by atoms with Crippen LogP contribution in [0.5, 0.6) is 0 Å². The Morgan fingerprint density at radius 3 is 2.27 bits per heavy atom. The van der Waals surface area contributed by atoms with Gasteiger partial charge < -0.3 is 15.1 Å². The van der Waals surface area contributed by atoms with Crippen molar-refractivity contribution in [3.05, 3.63) is 71.5 Å². The van der Waals surface area contributed by atoms with Crippen LogP contribution < -0.4 is 5.32 Å². The molecule has 0 aliphatic rings. The molecule has 26 heavy (non-hydrogen) atoms. The maximum Gasteiger partial charge on any atom is 0.241 e. The summed E-state index contributed by atoms with van der Waals surface area (Å²) < 4.78 is 13.1. The summed E-state index contributed by atoms with van der Waals surface area (Å²) in [5.41, 5.74) is 2.04. The predicted octanol–water partition coefficient (Wildman–Crippen LogP) is 2.49. The van der Waals surface area contributed by atoms with E-state index in [1.165, 1.54) is 17.0 Å². The summed E-state index contributed by atoms with van der Waals surface area (Å²) in [4.78, 5) is 20.0. The summed E-state index contributed by atoms with van der Waals surface area (Å²) >= 11 is 0. The Morgan fingerprint density at radius 1 is 1.00 bits per heavy atom. The number of hydrogen-bond acceptors (Lipinski definition) is 2. The number of likely N-dealkylation sites (N-methyl/N-ethyl adjacent to an activating group) is 1. The average Bonchev–Trinajstić information content (AvgIpc) is 2.64. The molecule has 0 bridgehead atoms. The summed E-state index contributed by atoms with van der Waals surface area (Å²) in [5.74, 6) is 0.324. The summed E-state index contributed by atoms with van der Waals surface area (Å²) in [6, 6.07) is 16.3. The van der Waals surface area contributed by atoms with Gasteiger partial charge in [-0.1, -0.05) is 42.5 Å². The highest BCUT2D eigenvalue weighted by Crippen LogP contribution is 2.07. The van der Waals surface area contributed by atoms with Gasteiger partial charge in [-0.15, -0.1) is 0 Å². The molecule has 6 heteroatoms. The number of amides is 1. The van der Waals surface area contributed by atoms with Gasteiger partial charge in [0.1, 0.15) is 5.82 Å². The SMILES string of the molecule is CN(C)C(=O)CNC(=NCc1ccccc1)N(C)Cc1ccc(F)cc1. The quantitative estimate of drug-likeness (QED) is 0.639. The van der Waals surface area contributed by atoms with Crippen molar-refractivity contribution in [1.29, 1.82) is 0 Å². The van der Waals surface area contributed by atoms with Crippen molar-refractivity contribution in [3.8, 4) is 0 Å². The van der Waals surface area contributed by atoms with Crippen LogP contribution >= 0.6 is 0 Å². The highest BCUT2D eigenvalue weighted by molar-refractivity contribution is 5.86. The maximum absolute atomic E-state index is 13.1. The molecule has 0 spiro atoms. The number of carbonyl (C=O) groups excluding carboxylic acids is 1. The number of carbonyl (C=O) groups is 1. The van der Waals surface area contributed by atoms with Crippen LogP contribution in [0.3, 0.4) is 0 Å². The van der Waals surface area contributed by atoms with E-state index in [-0.39, 0.29) is 18.3 Å². The Labute approximate surface area is 154 Å². The second-order valence-electron chi connectivity index (χ2n) is 6.25. The number of nitrogens with one attached hydrogen (secondary N) is 1. The lowest BCUT2D eigenvalue weighted by molar-refractivity contribution is -0.127. The van der Waals surface area contributed by atoms with Crippen LogP contribution in [0, 0.1) is 5.82 Å². The zero-order valence-corrected chi connectivity index (χ0v) is 15.4. The van der Waals surface area contributed by atoms with Crippen LogP contribution in [0.25, 0.3) is 0 Å². The minimum Gasteiger partial charge on any atom is -0.347 e. The van der Waals surface area contributed by atoms with Gasteiger partial charge in [0, 0.05) is 27.7 Å². The second-order valence-corrected chi connectivity index (χ2v) is 6.25. The molecule has 0 atom stereocenters. The van der Waals surface area contributed by atoms with Gasteiger partial charge in [0.05, 0.1) is 13.1 Å². The fourth-order valence-electron chi connectivity index (χ4n) is 2.31. The van der Waals surface area contributed by atoms with Gasteiger partial charge in [0.2, 0.25) is 5.91 Å². The fraction of sp³-hybridized carbons (Fsp3) is 0.300. The predicted molar refractivity (Wildman–Crippen MR) is 102 cm³/mol. The van der Waals surface area contributed by atoms with Crippen molar-refractivity contribution in [2.24, 2.45) is 4.99 Å². The normalized spacial score (nSPS) is 11.2. The Balaban J connectivity index is 2.09. The zero-order chi connectivity index (χ0) is 18.9. The summed E-state index contributed by atoms with van der Waals surface area (Å²) in [6.07, 6.45) is 0. The van der Waals surface area contributed by atoms with Gasteiger partial charge in [0.15, 0.2) is 5.96 Å². The number of halogens is 1. The van der Waals surface area contributed by atoms with E-state index < -0.39 is 0 Å². The van der Waals surface area contributed by atoms with E-state index >= 15 is 0 Å². The largest absolute Gasteiger partial charge is 0.347 e. The van der Waals surface area contributed by atoms with Crippen molar-refractivity contribution < 1.29 is 9.18 Å². The second kappa shape index (κ2) is 9.56. The van der Waals surface area contributed by atoms with Crippen LogP contribution in [-0.2, 0) is 17.9 Å². The molecule has 5 nitrogen and oxygen atoms in total. The van der Waals surface area contributed by atoms with E-state index in [0.717, 1.165) is 11.1 Å². The smallest absolute Gasteiger partial charge is 0.241 e. The molecule has 0 unspecified atom stereocenters. The van der Waals surface area contributed by atoms with Crippen molar-refractivity contribution in [3.63, 3.8) is 0 Å². The Kier molecular flexibility index (Phi) is 7.14. The molecule has 0 aliphatic heterocycles. The van der Waals surface area contributed by atoms with E-state index in [9.17, 15) is 9.18 Å². The van der Waals surface area contributed by atoms with Crippen LogP contribution in [-0.4, -0.2) is 49.4 Å². The van der Waals surface area contributed by atoms with Crippen molar-refractivity contribution in [2.45, 2.75) is 13.1 Å². The van der Waals surface area contributed by atoms with E-state index in [1.54, 1.807) is 26.2 Å². The van der Waals surface area contributed by atoms with Gasteiger partial charge in [-0.3, -0.25) is 4.79 Å². The first-order chi connectivity index (χ1) is 12.5. The highest BCUT2D eigenvalue weighted by atomic mass is 19.1. The number of nitrogens with zero attached hydrogens (tertiary/aromatic N) is 3. The first-order valence-electron chi connectivity index (χ1n) is 8.43. The number of rotatable bonds is 6. The molecule has 0 heterocycles. The Hall–Kier alpha value is -2.89. The summed E-state index contributed by atoms with van der Waals surface area (Å²) in [5, 5.41) is 3.11. The molecule has 2 rings (SSSR count). The van der Waals surface area contributed by atoms with Crippen molar-refractivity contribution >= 4 is 11.9 Å². The third-order valence-electron chi connectivity index (χ3n) is 3.85. The van der Waals surface area contributed by atoms with Crippen LogP contribution in [0.4, 0.5) is 4.39 Å². The molecule has 1 N–H and O–H groups in total. The van der Waals surface area contributed by atoms with Gasteiger partial charge in [-0.25, -0.2) is 9.38 Å². The lowest BCUT2D eigenvalue weighted by Crippen LogP contribution is -2.43. The highest BCUT2D eigenvalue weighted by Gasteiger charge is 2.11. The molecule has 1 amide bonds. The van der Waals surface area contributed by atoms with Gasteiger partial charge >= 0.3 is 0 Å². The van der Waals surface area contributed by atoms with E-state index in [0.29, 0.717) is 19.0 Å². The molecule has 0 aliphatic carbocycles. The Morgan fingerprint density at radius 2 is 1.65 bits per heavy atom.